The molecule has 0 aliphatic carbocycles. The molecule has 0 spiro atoms. The minimum atomic E-state index is 0.819. The van der Waals surface area contributed by atoms with Crippen molar-refractivity contribution in [3.8, 4) is 5.75 Å². The standard InChI is InChI=1S/C13H15BrN4O/c1-15-6-5-9-12(14)18-11-4-3-8(19-2)7-10(11)17-13(18)16-9/h3-4,7,15H,5-6H2,1-2H3,(H,16,17). The highest BCUT2D eigenvalue weighted by atomic mass is 79.9. The van der Waals surface area contributed by atoms with Crippen LogP contribution in [0.1, 0.15) is 5.69 Å². The summed E-state index contributed by atoms with van der Waals surface area (Å²) in [5, 5.41) is 3.15. The molecule has 1 aromatic carbocycles. The van der Waals surface area contributed by atoms with E-state index in [1.54, 1.807) is 7.11 Å². The summed E-state index contributed by atoms with van der Waals surface area (Å²) in [6, 6.07) is 5.91. The molecule has 19 heavy (non-hydrogen) atoms. The van der Waals surface area contributed by atoms with Crippen LogP contribution in [0.5, 0.6) is 5.75 Å². The molecule has 6 heteroatoms. The number of fused-ring (bicyclic) bond motifs is 3. The minimum Gasteiger partial charge on any atom is -0.497 e. The van der Waals surface area contributed by atoms with Gasteiger partial charge in [0, 0.05) is 19.0 Å². The first-order valence-corrected chi connectivity index (χ1v) is 6.91. The van der Waals surface area contributed by atoms with Gasteiger partial charge in [-0.2, -0.15) is 0 Å². The zero-order valence-corrected chi connectivity index (χ0v) is 12.4. The number of halogens is 1. The Balaban J connectivity index is 2.16. The van der Waals surface area contributed by atoms with Gasteiger partial charge < -0.3 is 15.0 Å². The van der Waals surface area contributed by atoms with Gasteiger partial charge in [0.05, 0.1) is 23.8 Å². The van der Waals surface area contributed by atoms with Crippen molar-refractivity contribution in [3.63, 3.8) is 0 Å². The highest BCUT2D eigenvalue weighted by Crippen LogP contribution is 2.27. The molecular formula is C13H15BrN4O. The van der Waals surface area contributed by atoms with Crippen molar-refractivity contribution < 1.29 is 4.74 Å². The Kier molecular flexibility index (Phi) is 3.20. The van der Waals surface area contributed by atoms with Crippen molar-refractivity contribution in [2.75, 3.05) is 20.7 Å². The molecule has 0 atom stereocenters. The van der Waals surface area contributed by atoms with Crippen molar-refractivity contribution >= 4 is 32.7 Å². The van der Waals surface area contributed by atoms with E-state index in [4.69, 9.17) is 4.74 Å². The van der Waals surface area contributed by atoms with Gasteiger partial charge in [0.2, 0.25) is 5.78 Å². The molecule has 0 bridgehead atoms. The normalized spacial score (nSPS) is 11.5. The largest absolute Gasteiger partial charge is 0.497 e. The lowest BCUT2D eigenvalue weighted by molar-refractivity contribution is 0.415. The van der Waals surface area contributed by atoms with E-state index in [0.29, 0.717) is 0 Å². The summed E-state index contributed by atoms with van der Waals surface area (Å²) in [5.41, 5.74) is 3.13. The van der Waals surface area contributed by atoms with Crippen LogP contribution in [0.25, 0.3) is 16.8 Å². The van der Waals surface area contributed by atoms with Gasteiger partial charge in [0.25, 0.3) is 0 Å². The van der Waals surface area contributed by atoms with Crippen LogP contribution in [-0.4, -0.2) is 35.1 Å². The monoisotopic (exact) mass is 322 g/mol. The second kappa shape index (κ2) is 4.86. The summed E-state index contributed by atoms with van der Waals surface area (Å²) >= 11 is 3.65. The average molecular weight is 323 g/mol. The Bertz CT molecular complexity index is 731. The number of H-pyrrole nitrogens is 1. The molecule has 100 valence electrons. The van der Waals surface area contributed by atoms with E-state index >= 15 is 0 Å². The van der Waals surface area contributed by atoms with E-state index in [9.17, 15) is 0 Å². The third-order valence-electron chi connectivity index (χ3n) is 3.19. The third kappa shape index (κ3) is 2.01. The van der Waals surface area contributed by atoms with Crippen LogP contribution in [-0.2, 0) is 6.42 Å². The maximum absolute atomic E-state index is 5.22. The SMILES string of the molecule is CNCCc1[nH]c2nc3cc(OC)ccc3n2c1Br. The Morgan fingerprint density at radius 2 is 2.32 bits per heavy atom. The van der Waals surface area contributed by atoms with Crippen molar-refractivity contribution in [1.29, 1.82) is 0 Å². The second-order valence-electron chi connectivity index (χ2n) is 4.37. The van der Waals surface area contributed by atoms with Crippen molar-refractivity contribution in [3.05, 3.63) is 28.5 Å². The Labute approximate surface area is 119 Å². The van der Waals surface area contributed by atoms with E-state index in [1.807, 2.05) is 25.2 Å². The Morgan fingerprint density at radius 1 is 1.47 bits per heavy atom. The molecule has 3 aromatic rings. The Morgan fingerprint density at radius 3 is 3.05 bits per heavy atom. The molecule has 0 unspecified atom stereocenters. The number of imidazole rings is 2. The number of hydrogen-bond acceptors (Lipinski definition) is 3. The molecular weight excluding hydrogens is 308 g/mol. The number of aromatic nitrogens is 3. The lowest BCUT2D eigenvalue weighted by Crippen LogP contribution is -2.10. The smallest absolute Gasteiger partial charge is 0.213 e. The fraction of sp³-hybridized carbons (Fsp3) is 0.308. The van der Waals surface area contributed by atoms with Crippen LogP contribution >= 0.6 is 15.9 Å². The van der Waals surface area contributed by atoms with Gasteiger partial charge in [-0.3, -0.25) is 4.40 Å². The fourth-order valence-corrected chi connectivity index (χ4v) is 2.86. The minimum absolute atomic E-state index is 0.819. The van der Waals surface area contributed by atoms with E-state index in [2.05, 4.69) is 35.6 Å². The average Bonchev–Trinajstić information content (AvgIpc) is 2.92. The summed E-state index contributed by atoms with van der Waals surface area (Å²) in [7, 11) is 3.61. The van der Waals surface area contributed by atoms with Crippen molar-refractivity contribution in [1.82, 2.24) is 19.7 Å². The van der Waals surface area contributed by atoms with Crippen LogP contribution in [0.4, 0.5) is 0 Å². The maximum Gasteiger partial charge on any atom is 0.213 e. The highest BCUT2D eigenvalue weighted by Gasteiger charge is 2.14. The van der Waals surface area contributed by atoms with Crippen LogP contribution in [0.2, 0.25) is 0 Å². The number of nitrogens with zero attached hydrogens (tertiary/aromatic N) is 2. The summed E-state index contributed by atoms with van der Waals surface area (Å²) in [6.45, 7) is 0.925. The summed E-state index contributed by atoms with van der Waals surface area (Å²) in [4.78, 5) is 7.94. The van der Waals surface area contributed by atoms with E-state index in [-0.39, 0.29) is 0 Å². The number of aromatic amines is 1. The number of methoxy groups -OCH3 is 1. The molecule has 5 nitrogen and oxygen atoms in total. The molecule has 0 saturated carbocycles. The fourth-order valence-electron chi connectivity index (χ4n) is 2.21. The molecule has 3 rings (SSSR count). The molecule has 0 aliphatic heterocycles. The molecule has 0 saturated heterocycles. The van der Waals surface area contributed by atoms with Gasteiger partial charge in [-0.1, -0.05) is 0 Å². The lowest BCUT2D eigenvalue weighted by atomic mass is 10.3. The van der Waals surface area contributed by atoms with Crippen molar-refractivity contribution in [2.24, 2.45) is 0 Å². The zero-order valence-electron chi connectivity index (χ0n) is 10.8. The topological polar surface area (TPSA) is 54.3 Å². The van der Waals surface area contributed by atoms with Gasteiger partial charge in [0.1, 0.15) is 10.4 Å². The van der Waals surface area contributed by atoms with E-state index in [0.717, 1.165) is 45.8 Å². The number of likely N-dealkylation sites (N-methyl/N-ethyl adjacent to an activating group) is 1. The summed E-state index contributed by atoms with van der Waals surface area (Å²) in [5.74, 6) is 1.67. The van der Waals surface area contributed by atoms with E-state index < -0.39 is 0 Å². The van der Waals surface area contributed by atoms with Gasteiger partial charge >= 0.3 is 0 Å². The molecule has 2 heterocycles. The highest BCUT2D eigenvalue weighted by molar-refractivity contribution is 9.10. The van der Waals surface area contributed by atoms with Gasteiger partial charge in [-0.15, -0.1) is 0 Å². The van der Waals surface area contributed by atoms with Crippen LogP contribution in [0.3, 0.4) is 0 Å². The predicted molar refractivity (Wildman–Crippen MR) is 78.9 cm³/mol. The van der Waals surface area contributed by atoms with Gasteiger partial charge in [-0.05, 0) is 35.1 Å². The molecule has 0 aliphatic rings. The van der Waals surface area contributed by atoms with Crippen LogP contribution < -0.4 is 10.1 Å². The maximum atomic E-state index is 5.22. The summed E-state index contributed by atoms with van der Waals surface area (Å²) < 4.78 is 8.34. The zero-order chi connectivity index (χ0) is 13.4. The molecule has 0 radical (unpaired) electrons. The first-order chi connectivity index (χ1) is 9.24. The quantitative estimate of drug-likeness (QED) is 0.775. The molecule has 0 amide bonds. The first-order valence-electron chi connectivity index (χ1n) is 6.11. The first kappa shape index (κ1) is 12.5. The number of rotatable bonds is 4. The third-order valence-corrected chi connectivity index (χ3v) is 4.03. The Hall–Kier alpha value is -1.53. The predicted octanol–water partition coefficient (Wildman–Crippen LogP) is 2.35. The number of nitrogens with one attached hydrogen (secondary N) is 2. The summed E-state index contributed by atoms with van der Waals surface area (Å²) in [6.07, 6.45) is 0.929. The number of ether oxygens (including phenoxy) is 1. The number of hydrogen-bond donors (Lipinski definition) is 2. The van der Waals surface area contributed by atoms with E-state index in [1.165, 1.54) is 0 Å². The van der Waals surface area contributed by atoms with Crippen LogP contribution in [0, 0.1) is 0 Å². The van der Waals surface area contributed by atoms with Crippen LogP contribution in [0.15, 0.2) is 22.8 Å². The van der Waals surface area contributed by atoms with Gasteiger partial charge in [0.15, 0.2) is 0 Å². The number of benzene rings is 1. The van der Waals surface area contributed by atoms with Gasteiger partial charge in [-0.25, -0.2) is 4.98 Å². The van der Waals surface area contributed by atoms with Crippen molar-refractivity contribution in [2.45, 2.75) is 6.42 Å². The lowest BCUT2D eigenvalue weighted by Gasteiger charge is -2.00. The molecule has 2 aromatic heterocycles. The molecule has 0 fully saturated rings. The molecule has 2 N–H and O–H groups in total. The second-order valence-corrected chi connectivity index (χ2v) is 5.12.